The Bertz CT molecular complexity index is 1200. The molecule has 0 saturated carbocycles. The first-order valence-corrected chi connectivity index (χ1v) is 10.2. The highest BCUT2D eigenvalue weighted by atomic mass is 35.5. The van der Waals surface area contributed by atoms with Crippen molar-refractivity contribution in [3.05, 3.63) is 82.6 Å². The summed E-state index contributed by atoms with van der Waals surface area (Å²) in [6.45, 7) is 0.397. The van der Waals surface area contributed by atoms with E-state index >= 15 is 0 Å². The molecule has 1 unspecified atom stereocenters. The number of primary amides is 1. The third-order valence-electron chi connectivity index (χ3n) is 5.35. The largest absolute Gasteiger partial charge is 0.497 e. The SMILES string of the molecule is COc1ccc(C2CC(=O)N(c3cccc(C(N)=O)c3)C2)c(Oc2ccc(F)c(Cl)c2)c1. The van der Waals surface area contributed by atoms with Crippen molar-refractivity contribution in [1.29, 1.82) is 0 Å². The lowest BCUT2D eigenvalue weighted by Crippen LogP contribution is -2.24. The molecular formula is C24H20ClFN2O4. The van der Waals surface area contributed by atoms with E-state index in [4.69, 9.17) is 26.8 Å². The quantitative estimate of drug-likeness (QED) is 0.574. The minimum atomic E-state index is -0.557. The van der Waals surface area contributed by atoms with Crippen molar-refractivity contribution in [2.24, 2.45) is 5.73 Å². The fourth-order valence-electron chi connectivity index (χ4n) is 3.73. The Morgan fingerprint density at radius 3 is 2.62 bits per heavy atom. The van der Waals surface area contributed by atoms with E-state index in [1.807, 2.05) is 6.07 Å². The molecule has 6 nitrogen and oxygen atoms in total. The normalized spacial score (nSPS) is 15.7. The fraction of sp³-hybridized carbons (Fsp3) is 0.167. The molecule has 0 bridgehead atoms. The molecule has 1 aliphatic heterocycles. The summed E-state index contributed by atoms with van der Waals surface area (Å²) in [7, 11) is 1.54. The van der Waals surface area contributed by atoms with Crippen LogP contribution in [0.15, 0.2) is 60.7 Å². The topological polar surface area (TPSA) is 81.9 Å². The number of rotatable bonds is 6. The maximum Gasteiger partial charge on any atom is 0.248 e. The average molecular weight is 455 g/mol. The lowest BCUT2D eigenvalue weighted by molar-refractivity contribution is -0.117. The number of methoxy groups -OCH3 is 1. The van der Waals surface area contributed by atoms with Gasteiger partial charge in [0.1, 0.15) is 23.1 Å². The van der Waals surface area contributed by atoms with Crippen molar-refractivity contribution in [3.63, 3.8) is 0 Å². The van der Waals surface area contributed by atoms with Crippen LogP contribution < -0.4 is 20.1 Å². The molecule has 3 aromatic rings. The number of hydrogen-bond donors (Lipinski definition) is 1. The van der Waals surface area contributed by atoms with E-state index in [0.717, 1.165) is 5.56 Å². The molecule has 32 heavy (non-hydrogen) atoms. The molecule has 164 valence electrons. The molecule has 1 heterocycles. The summed E-state index contributed by atoms with van der Waals surface area (Å²) < 4.78 is 24.8. The summed E-state index contributed by atoms with van der Waals surface area (Å²) in [6, 6.07) is 16.1. The van der Waals surface area contributed by atoms with E-state index in [2.05, 4.69) is 0 Å². The van der Waals surface area contributed by atoms with Crippen molar-refractivity contribution in [2.45, 2.75) is 12.3 Å². The van der Waals surface area contributed by atoms with Gasteiger partial charge in [0, 0.05) is 47.8 Å². The van der Waals surface area contributed by atoms with Gasteiger partial charge in [-0.05, 0) is 36.4 Å². The summed E-state index contributed by atoms with van der Waals surface area (Å²) in [5, 5.41) is -0.0523. The summed E-state index contributed by atoms with van der Waals surface area (Å²) in [6.07, 6.45) is 0.258. The average Bonchev–Trinajstić information content (AvgIpc) is 3.17. The highest BCUT2D eigenvalue weighted by Crippen LogP contribution is 2.40. The van der Waals surface area contributed by atoms with Gasteiger partial charge in [-0.3, -0.25) is 9.59 Å². The Kier molecular flexibility index (Phi) is 6.01. The number of carbonyl (C=O) groups is 2. The van der Waals surface area contributed by atoms with Crippen LogP contribution in [0.2, 0.25) is 5.02 Å². The maximum absolute atomic E-state index is 13.5. The van der Waals surface area contributed by atoms with Crippen LogP contribution in [-0.4, -0.2) is 25.5 Å². The molecule has 1 atom stereocenters. The van der Waals surface area contributed by atoms with Crippen LogP contribution in [0.5, 0.6) is 17.2 Å². The number of halogens is 2. The molecule has 0 radical (unpaired) electrons. The van der Waals surface area contributed by atoms with Crippen LogP contribution in [0.25, 0.3) is 0 Å². The van der Waals surface area contributed by atoms with Gasteiger partial charge in [0.15, 0.2) is 0 Å². The Morgan fingerprint density at radius 1 is 1.12 bits per heavy atom. The minimum absolute atomic E-state index is 0.0523. The van der Waals surface area contributed by atoms with Crippen LogP contribution >= 0.6 is 11.6 Å². The number of anilines is 1. The molecule has 8 heteroatoms. The molecule has 0 aliphatic carbocycles. The van der Waals surface area contributed by atoms with Gasteiger partial charge in [-0.15, -0.1) is 0 Å². The van der Waals surface area contributed by atoms with Crippen molar-refractivity contribution in [1.82, 2.24) is 0 Å². The third kappa shape index (κ3) is 4.38. The van der Waals surface area contributed by atoms with Crippen LogP contribution in [0.1, 0.15) is 28.3 Å². The van der Waals surface area contributed by atoms with Crippen molar-refractivity contribution in [2.75, 3.05) is 18.6 Å². The summed E-state index contributed by atoms with van der Waals surface area (Å²) in [5.41, 5.74) is 7.11. The van der Waals surface area contributed by atoms with Gasteiger partial charge in [-0.25, -0.2) is 4.39 Å². The van der Waals surface area contributed by atoms with Gasteiger partial charge in [0.2, 0.25) is 11.8 Å². The first kappa shape index (κ1) is 21.6. The molecule has 2 amide bonds. The van der Waals surface area contributed by atoms with E-state index in [9.17, 15) is 14.0 Å². The molecule has 2 N–H and O–H groups in total. The lowest BCUT2D eigenvalue weighted by atomic mass is 9.97. The lowest BCUT2D eigenvalue weighted by Gasteiger charge is -2.19. The van der Waals surface area contributed by atoms with Crippen LogP contribution in [0, 0.1) is 5.82 Å². The van der Waals surface area contributed by atoms with E-state index in [0.29, 0.717) is 35.0 Å². The van der Waals surface area contributed by atoms with Gasteiger partial charge >= 0.3 is 0 Å². The first-order valence-electron chi connectivity index (χ1n) is 9.87. The number of nitrogens with zero attached hydrogens (tertiary/aromatic N) is 1. The second kappa shape index (κ2) is 8.88. The molecule has 1 aliphatic rings. The Balaban J connectivity index is 1.64. The monoisotopic (exact) mass is 454 g/mol. The molecular weight excluding hydrogens is 435 g/mol. The highest BCUT2D eigenvalue weighted by molar-refractivity contribution is 6.30. The maximum atomic E-state index is 13.5. The van der Waals surface area contributed by atoms with E-state index in [1.165, 1.54) is 18.2 Å². The predicted molar refractivity (Wildman–Crippen MR) is 119 cm³/mol. The minimum Gasteiger partial charge on any atom is -0.497 e. The van der Waals surface area contributed by atoms with Gasteiger partial charge < -0.3 is 20.1 Å². The van der Waals surface area contributed by atoms with Crippen molar-refractivity contribution in [3.8, 4) is 17.2 Å². The Hall–Kier alpha value is -3.58. The number of carbonyl (C=O) groups excluding carboxylic acids is 2. The number of amides is 2. The summed E-state index contributed by atoms with van der Waals surface area (Å²) >= 11 is 5.88. The standard InChI is InChI=1S/C24H20ClFN2O4/c1-31-17-5-7-19(22(12-17)32-18-6-8-21(26)20(25)11-18)15-10-23(29)28(13-15)16-4-2-3-14(9-16)24(27)30/h2-9,11-12,15H,10,13H2,1H3,(H2,27,30). The van der Waals surface area contributed by atoms with Crippen molar-refractivity contribution < 1.29 is 23.5 Å². The van der Waals surface area contributed by atoms with Crippen LogP contribution in [0.4, 0.5) is 10.1 Å². The van der Waals surface area contributed by atoms with Gasteiger partial charge in [0.25, 0.3) is 0 Å². The van der Waals surface area contributed by atoms with Crippen molar-refractivity contribution >= 4 is 29.1 Å². The summed E-state index contributed by atoms with van der Waals surface area (Å²) in [5.74, 6) is 0.0739. The zero-order chi connectivity index (χ0) is 22.8. The zero-order valence-corrected chi connectivity index (χ0v) is 17.9. The Morgan fingerprint density at radius 2 is 1.91 bits per heavy atom. The van der Waals surface area contributed by atoms with Gasteiger partial charge in [0.05, 0.1) is 12.1 Å². The molecule has 3 aromatic carbocycles. The van der Waals surface area contributed by atoms with Gasteiger partial charge in [-0.2, -0.15) is 0 Å². The summed E-state index contributed by atoms with van der Waals surface area (Å²) in [4.78, 5) is 25.9. The molecule has 0 aromatic heterocycles. The number of ether oxygens (including phenoxy) is 2. The third-order valence-corrected chi connectivity index (χ3v) is 5.64. The molecule has 4 rings (SSSR count). The van der Waals surface area contributed by atoms with E-state index in [1.54, 1.807) is 48.4 Å². The van der Waals surface area contributed by atoms with E-state index < -0.39 is 11.7 Å². The smallest absolute Gasteiger partial charge is 0.248 e. The number of benzene rings is 3. The molecule has 0 spiro atoms. The van der Waals surface area contributed by atoms with E-state index in [-0.39, 0.29) is 23.3 Å². The Labute approximate surface area is 189 Å². The second-order valence-electron chi connectivity index (χ2n) is 7.40. The number of nitrogens with two attached hydrogens (primary N) is 1. The van der Waals surface area contributed by atoms with Crippen LogP contribution in [0.3, 0.4) is 0 Å². The van der Waals surface area contributed by atoms with Crippen LogP contribution in [-0.2, 0) is 4.79 Å². The first-order chi connectivity index (χ1) is 15.4. The molecule has 1 fully saturated rings. The highest BCUT2D eigenvalue weighted by Gasteiger charge is 2.33. The predicted octanol–water partition coefficient (Wildman–Crippen LogP) is 4.90. The van der Waals surface area contributed by atoms with Gasteiger partial charge in [-0.1, -0.05) is 23.7 Å². The fourth-order valence-corrected chi connectivity index (χ4v) is 3.90. The second-order valence-corrected chi connectivity index (χ2v) is 7.81. The molecule has 1 saturated heterocycles. The number of hydrogen-bond acceptors (Lipinski definition) is 4. The zero-order valence-electron chi connectivity index (χ0n) is 17.2.